The fraction of sp³-hybridized carbons (Fsp3) is 0.250. The molecule has 6 nitrogen and oxygen atoms in total. The van der Waals surface area contributed by atoms with E-state index >= 15 is 0 Å². The normalized spacial score (nSPS) is 11.5. The van der Waals surface area contributed by atoms with Crippen LogP contribution in [0.1, 0.15) is 46.7 Å². The van der Waals surface area contributed by atoms with E-state index in [1.54, 1.807) is 12.4 Å². The van der Waals surface area contributed by atoms with E-state index in [1.165, 1.54) is 11.3 Å². The highest BCUT2D eigenvalue weighted by Crippen LogP contribution is 2.29. The Hall–Kier alpha value is -3.32. The minimum Gasteiger partial charge on any atom is -0.347 e. The Balaban J connectivity index is 1.61. The zero-order chi connectivity index (χ0) is 22.0. The predicted octanol–water partition coefficient (Wildman–Crippen LogP) is 4.93. The van der Waals surface area contributed by atoms with Crippen molar-refractivity contribution in [2.75, 3.05) is 0 Å². The highest BCUT2D eigenvalue weighted by molar-refractivity contribution is 7.14. The fourth-order valence-electron chi connectivity index (χ4n) is 3.19. The number of pyridine rings is 1. The molecule has 0 bridgehead atoms. The van der Waals surface area contributed by atoms with Gasteiger partial charge in [0.25, 0.3) is 5.91 Å². The number of carbonyl (C=O) groups is 1. The van der Waals surface area contributed by atoms with E-state index in [9.17, 15) is 4.79 Å². The van der Waals surface area contributed by atoms with Crippen LogP contribution in [0.15, 0.2) is 61.1 Å². The zero-order valence-electron chi connectivity index (χ0n) is 18.1. The molecule has 3 aromatic heterocycles. The molecule has 4 rings (SSSR count). The number of hydrogen-bond acceptors (Lipinski definition) is 5. The third-order valence-corrected chi connectivity index (χ3v) is 6.43. The van der Waals surface area contributed by atoms with Crippen LogP contribution >= 0.6 is 11.3 Å². The average molecular weight is 432 g/mol. The van der Waals surface area contributed by atoms with Crippen molar-refractivity contribution in [2.45, 2.75) is 39.7 Å². The topological polar surface area (TPSA) is 72.7 Å². The highest BCUT2D eigenvalue weighted by Gasteiger charge is 2.23. The maximum absolute atomic E-state index is 12.9. The Morgan fingerprint density at radius 2 is 1.81 bits per heavy atom. The van der Waals surface area contributed by atoms with Crippen molar-refractivity contribution in [3.05, 3.63) is 82.2 Å². The molecule has 0 unspecified atom stereocenters. The van der Waals surface area contributed by atoms with Gasteiger partial charge in [-0.3, -0.25) is 9.78 Å². The van der Waals surface area contributed by atoms with Crippen LogP contribution in [0.2, 0.25) is 0 Å². The van der Waals surface area contributed by atoms with Crippen LogP contribution in [-0.2, 0) is 12.0 Å². The van der Waals surface area contributed by atoms with Crippen molar-refractivity contribution >= 4 is 17.2 Å². The number of nitrogens with zero attached hydrogens (tertiary/aromatic N) is 4. The molecule has 0 spiro atoms. The predicted molar refractivity (Wildman–Crippen MR) is 124 cm³/mol. The van der Waals surface area contributed by atoms with Gasteiger partial charge in [0.1, 0.15) is 4.88 Å². The first-order chi connectivity index (χ1) is 14.8. The van der Waals surface area contributed by atoms with Crippen LogP contribution in [-0.4, -0.2) is 25.7 Å². The molecule has 158 valence electrons. The lowest BCUT2D eigenvalue weighted by Gasteiger charge is -2.13. The molecule has 0 saturated carbocycles. The third-order valence-electron chi connectivity index (χ3n) is 4.85. The monoisotopic (exact) mass is 431 g/mol. The van der Waals surface area contributed by atoms with Crippen molar-refractivity contribution in [1.82, 2.24) is 25.1 Å². The van der Waals surface area contributed by atoms with Crippen molar-refractivity contribution < 1.29 is 4.79 Å². The van der Waals surface area contributed by atoms with E-state index in [0.29, 0.717) is 11.4 Å². The van der Waals surface area contributed by atoms with E-state index in [1.807, 2.05) is 60.3 Å². The lowest BCUT2D eigenvalue weighted by Crippen LogP contribution is -2.22. The Morgan fingerprint density at radius 1 is 1.10 bits per heavy atom. The van der Waals surface area contributed by atoms with Gasteiger partial charge in [-0.15, -0.1) is 11.3 Å². The van der Waals surface area contributed by atoms with Gasteiger partial charge in [0.15, 0.2) is 0 Å². The number of rotatable bonds is 5. The van der Waals surface area contributed by atoms with Gasteiger partial charge in [0.05, 0.1) is 22.1 Å². The molecule has 7 heteroatoms. The molecule has 4 aromatic rings. The summed E-state index contributed by atoms with van der Waals surface area (Å²) in [7, 11) is 0. The first-order valence-electron chi connectivity index (χ1n) is 10.1. The number of nitrogens with one attached hydrogen (secondary N) is 1. The van der Waals surface area contributed by atoms with E-state index in [-0.39, 0.29) is 11.3 Å². The molecule has 3 heterocycles. The van der Waals surface area contributed by atoms with Gasteiger partial charge in [-0.25, -0.2) is 9.67 Å². The molecule has 1 N–H and O–H groups in total. The molecule has 0 aliphatic rings. The Morgan fingerprint density at radius 3 is 2.45 bits per heavy atom. The first kappa shape index (κ1) is 20.9. The van der Waals surface area contributed by atoms with Crippen LogP contribution < -0.4 is 5.32 Å². The molecule has 31 heavy (non-hydrogen) atoms. The Bertz CT molecular complexity index is 1190. The number of benzene rings is 1. The lowest BCUT2D eigenvalue weighted by atomic mass is 9.98. The molecule has 0 aliphatic heterocycles. The largest absolute Gasteiger partial charge is 0.347 e. The SMILES string of the molecule is Cc1nc(C(C)(C)C)sc1C(=O)NCc1cn(-c2ccccc2)nc1-c1ccncc1. The summed E-state index contributed by atoms with van der Waals surface area (Å²) in [5, 5.41) is 8.80. The molecule has 0 saturated heterocycles. The maximum atomic E-state index is 12.9. The minimum atomic E-state index is -0.112. The van der Waals surface area contributed by atoms with E-state index in [2.05, 4.69) is 36.1 Å². The van der Waals surface area contributed by atoms with Crippen LogP contribution in [0.25, 0.3) is 16.9 Å². The standard InChI is InChI=1S/C24H25N5OS/c1-16-21(31-23(27-16)24(2,3)4)22(30)26-14-18-15-29(19-8-6-5-7-9-19)28-20(18)17-10-12-25-13-11-17/h5-13,15H,14H2,1-4H3,(H,26,30). The Kier molecular flexibility index (Phi) is 5.69. The number of hydrogen-bond donors (Lipinski definition) is 1. The molecule has 0 radical (unpaired) electrons. The van der Waals surface area contributed by atoms with Gasteiger partial charge in [-0.1, -0.05) is 39.0 Å². The second kappa shape index (κ2) is 8.43. The summed E-state index contributed by atoms with van der Waals surface area (Å²) < 4.78 is 1.84. The van der Waals surface area contributed by atoms with Gasteiger partial charge in [0.2, 0.25) is 0 Å². The van der Waals surface area contributed by atoms with Gasteiger partial charge < -0.3 is 5.32 Å². The minimum absolute atomic E-state index is 0.0840. The van der Waals surface area contributed by atoms with E-state index in [0.717, 1.165) is 33.2 Å². The summed E-state index contributed by atoms with van der Waals surface area (Å²) in [5.41, 5.74) is 4.35. The second-order valence-electron chi connectivity index (χ2n) is 8.39. The molecule has 0 atom stereocenters. The fourth-order valence-corrected chi connectivity index (χ4v) is 4.23. The van der Waals surface area contributed by atoms with Gasteiger partial charge in [-0.05, 0) is 31.2 Å². The second-order valence-corrected chi connectivity index (χ2v) is 9.38. The number of para-hydroxylation sites is 1. The van der Waals surface area contributed by atoms with Gasteiger partial charge in [0, 0.05) is 41.7 Å². The summed E-state index contributed by atoms with van der Waals surface area (Å²) in [4.78, 5) is 22.3. The van der Waals surface area contributed by atoms with Crippen molar-refractivity contribution in [1.29, 1.82) is 0 Å². The molecule has 0 fully saturated rings. The molecule has 1 amide bonds. The van der Waals surface area contributed by atoms with Crippen molar-refractivity contribution in [3.63, 3.8) is 0 Å². The Labute approximate surface area is 186 Å². The number of carbonyl (C=O) groups excluding carboxylic acids is 1. The average Bonchev–Trinajstić information content (AvgIpc) is 3.37. The van der Waals surface area contributed by atoms with Gasteiger partial charge in [-0.2, -0.15) is 5.10 Å². The molecular formula is C24H25N5OS. The van der Waals surface area contributed by atoms with E-state index < -0.39 is 0 Å². The smallest absolute Gasteiger partial charge is 0.263 e. The quantitative estimate of drug-likeness (QED) is 0.486. The van der Waals surface area contributed by atoms with E-state index in [4.69, 9.17) is 5.10 Å². The third kappa shape index (κ3) is 4.56. The number of aryl methyl sites for hydroxylation is 1. The molecular weight excluding hydrogens is 406 g/mol. The van der Waals surface area contributed by atoms with Gasteiger partial charge >= 0.3 is 0 Å². The first-order valence-corrected chi connectivity index (χ1v) is 10.9. The summed E-state index contributed by atoms with van der Waals surface area (Å²) in [6.07, 6.45) is 5.45. The number of thiazole rings is 1. The van der Waals surface area contributed by atoms with Crippen molar-refractivity contribution in [2.24, 2.45) is 0 Å². The van der Waals surface area contributed by atoms with Crippen LogP contribution in [0.3, 0.4) is 0 Å². The summed E-state index contributed by atoms with van der Waals surface area (Å²) in [6, 6.07) is 13.8. The van der Waals surface area contributed by atoms with Crippen LogP contribution in [0, 0.1) is 6.92 Å². The molecule has 1 aromatic carbocycles. The van der Waals surface area contributed by atoms with Crippen molar-refractivity contribution in [3.8, 4) is 16.9 Å². The van der Waals surface area contributed by atoms with Crippen LogP contribution in [0.5, 0.6) is 0 Å². The maximum Gasteiger partial charge on any atom is 0.263 e. The zero-order valence-corrected chi connectivity index (χ0v) is 18.9. The highest BCUT2D eigenvalue weighted by atomic mass is 32.1. The lowest BCUT2D eigenvalue weighted by molar-refractivity contribution is 0.0954. The summed E-state index contributed by atoms with van der Waals surface area (Å²) >= 11 is 1.46. The summed E-state index contributed by atoms with van der Waals surface area (Å²) in [6.45, 7) is 8.56. The number of amides is 1. The van der Waals surface area contributed by atoms with Crippen LogP contribution in [0.4, 0.5) is 0 Å². The summed E-state index contributed by atoms with van der Waals surface area (Å²) in [5.74, 6) is -0.112. The molecule has 0 aliphatic carbocycles. The number of aromatic nitrogens is 4.